The molecule has 0 bridgehead atoms. The van der Waals surface area contributed by atoms with E-state index in [4.69, 9.17) is 16.3 Å². The minimum atomic E-state index is -0.103. The number of amides is 1. The van der Waals surface area contributed by atoms with E-state index in [2.05, 4.69) is 10.3 Å². The Bertz CT molecular complexity index is 471. The zero-order valence-corrected chi connectivity index (χ0v) is 12.7. The molecule has 0 radical (unpaired) electrons. The lowest BCUT2D eigenvalue weighted by Crippen LogP contribution is -2.27. The maximum atomic E-state index is 12.1. The number of hydrogen-bond donors (Lipinski definition) is 1. The van der Waals surface area contributed by atoms with Crippen molar-refractivity contribution in [2.24, 2.45) is 0 Å². The van der Waals surface area contributed by atoms with E-state index in [0.717, 1.165) is 31.6 Å². The van der Waals surface area contributed by atoms with Crippen molar-refractivity contribution in [2.45, 2.75) is 45.1 Å². The number of nitrogens with one attached hydrogen (secondary N) is 1. The van der Waals surface area contributed by atoms with Gasteiger partial charge in [0, 0.05) is 24.4 Å². The molecule has 110 valence electrons. The van der Waals surface area contributed by atoms with Gasteiger partial charge < -0.3 is 10.1 Å². The number of pyridine rings is 1. The highest BCUT2D eigenvalue weighted by Crippen LogP contribution is 2.18. The van der Waals surface area contributed by atoms with Gasteiger partial charge in [-0.25, -0.2) is 4.98 Å². The van der Waals surface area contributed by atoms with Crippen LogP contribution in [0.4, 0.5) is 0 Å². The van der Waals surface area contributed by atoms with Gasteiger partial charge in [-0.15, -0.1) is 0 Å². The first-order chi connectivity index (χ1) is 9.56. The van der Waals surface area contributed by atoms with Crippen molar-refractivity contribution in [1.29, 1.82) is 0 Å². The van der Waals surface area contributed by atoms with Gasteiger partial charge in [0.2, 0.25) is 0 Å². The molecule has 0 aromatic carbocycles. The minimum Gasteiger partial charge on any atom is -0.378 e. The minimum absolute atomic E-state index is 0.103. The number of carbonyl (C=O) groups excluding carboxylic acids is 1. The second-order valence-electron chi connectivity index (χ2n) is 5.44. The number of rotatable bonds is 5. The highest BCUT2D eigenvalue weighted by Gasteiger charge is 2.16. The van der Waals surface area contributed by atoms with Crippen LogP contribution in [0.25, 0.3) is 0 Å². The smallest absolute Gasteiger partial charge is 0.251 e. The molecule has 1 unspecified atom stereocenters. The molecule has 1 aliphatic heterocycles. The largest absolute Gasteiger partial charge is 0.378 e. The molecule has 1 atom stereocenters. The molecule has 1 amide bonds. The van der Waals surface area contributed by atoms with Crippen LogP contribution in [0, 0.1) is 0 Å². The normalized spacial score (nSPS) is 18.5. The topological polar surface area (TPSA) is 51.2 Å². The lowest BCUT2D eigenvalue weighted by Gasteiger charge is -2.11. The molecule has 2 rings (SSSR count). The third-order valence-electron chi connectivity index (χ3n) is 3.44. The summed E-state index contributed by atoms with van der Waals surface area (Å²) < 4.78 is 5.53. The first-order valence-electron chi connectivity index (χ1n) is 7.13. The summed E-state index contributed by atoms with van der Waals surface area (Å²) in [6.45, 7) is 5.52. The van der Waals surface area contributed by atoms with Crippen molar-refractivity contribution in [3.05, 3.63) is 28.5 Å². The summed E-state index contributed by atoms with van der Waals surface area (Å²) >= 11 is 5.96. The summed E-state index contributed by atoms with van der Waals surface area (Å²) in [5, 5.41) is 3.28. The fraction of sp³-hybridized carbons (Fsp3) is 0.600. The molecule has 1 fully saturated rings. The molecular formula is C15H21ClN2O2. The molecule has 0 saturated carbocycles. The monoisotopic (exact) mass is 296 g/mol. The van der Waals surface area contributed by atoms with Gasteiger partial charge in [-0.1, -0.05) is 25.4 Å². The number of hydrogen-bond acceptors (Lipinski definition) is 3. The van der Waals surface area contributed by atoms with Crippen LogP contribution < -0.4 is 5.32 Å². The Kier molecular flexibility index (Phi) is 5.38. The van der Waals surface area contributed by atoms with E-state index in [9.17, 15) is 4.79 Å². The van der Waals surface area contributed by atoms with Crippen LogP contribution in [0.3, 0.4) is 0 Å². The Morgan fingerprint density at radius 1 is 1.55 bits per heavy atom. The van der Waals surface area contributed by atoms with Crippen LogP contribution in [0.1, 0.15) is 55.1 Å². The summed E-state index contributed by atoms with van der Waals surface area (Å²) in [7, 11) is 0. The second kappa shape index (κ2) is 7.04. The van der Waals surface area contributed by atoms with Crippen molar-refractivity contribution in [2.75, 3.05) is 13.2 Å². The average Bonchev–Trinajstić information content (AvgIpc) is 2.91. The highest BCUT2D eigenvalue weighted by atomic mass is 35.5. The van der Waals surface area contributed by atoms with Crippen LogP contribution in [0.15, 0.2) is 12.1 Å². The van der Waals surface area contributed by atoms with Crippen LogP contribution in [0.2, 0.25) is 5.15 Å². The van der Waals surface area contributed by atoms with Gasteiger partial charge >= 0.3 is 0 Å². The number of nitrogens with zero attached hydrogens (tertiary/aromatic N) is 1. The van der Waals surface area contributed by atoms with E-state index < -0.39 is 0 Å². The third-order valence-corrected chi connectivity index (χ3v) is 3.64. The summed E-state index contributed by atoms with van der Waals surface area (Å²) in [4.78, 5) is 16.3. The number of aromatic nitrogens is 1. The molecule has 1 saturated heterocycles. The quantitative estimate of drug-likeness (QED) is 0.849. The Morgan fingerprint density at radius 3 is 3.00 bits per heavy atom. The zero-order chi connectivity index (χ0) is 14.5. The van der Waals surface area contributed by atoms with Crippen LogP contribution in [-0.4, -0.2) is 30.1 Å². The van der Waals surface area contributed by atoms with E-state index in [1.807, 2.05) is 13.8 Å². The van der Waals surface area contributed by atoms with Gasteiger partial charge in [-0.05, 0) is 37.3 Å². The maximum Gasteiger partial charge on any atom is 0.251 e. The van der Waals surface area contributed by atoms with Crippen LogP contribution in [0.5, 0.6) is 0 Å². The fourth-order valence-electron chi connectivity index (χ4n) is 2.26. The van der Waals surface area contributed by atoms with Gasteiger partial charge in [0.15, 0.2) is 0 Å². The Balaban J connectivity index is 1.91. The Hall–Kier alpha value is -1.13. The summed E-state index contributed by atoms with van der Waals surface area (Å²) in [5.41, 5.74) is 1.41. The molecule has 1 N–H and O–H groups in total. The van der Waals surface area contributed by atoms with E-state index in [1.54, 1.807) is 12.1 Å². The van der Waals surface area contributed by atoms with Gasteiger partial charge in [0.1, 0.15) is 5.15 Å². The number of halogens is 1. The molecule has 2 heterocycles. The highest BCUT2D eigenvalue weighted by molar-refractivity contribution is 6.29. The van der Waals surface area contributed by atoms with Gasteiger partial charge in [0.05, 0.1) is 6.10 Å². The van der Waals surface area contributed by atoms with Gasteiger partial charge in [-0.2, -0.15) is 0 Å². The summed E-state index contributed by atoms with van der Waals surface area (Å²) in [6, 6.07) is 3.41. The van der Waals surface area contributed by atoms with E-state index in [1.165, 1.54) is 0 Å². The molecular weight excluding hydrogens is 276 g/mol. The van der Waals surface area contributed by atoms with Crippen molar-refractivity contribution in [3.63, 3.8) is 0 Å². The van der Waals surface area contributed by atoms with Crippen molar-refractivity contribution < 1.29 is 9.53 Å². The molecule has 4 nitrogen and oxygen atoms in total. The molecule has 1 aromatic rings. The average molecular weight is 297 g/mol. The summed E-state index contributed by atoms with van der Waals surface area (Å²) in [5.74, 6) is 0.140. The molecule has 20 heavy (non-hydrogen) atoms. The van der Waals surface area contributed by atoms with Crippen molar-refractivity contribution >= 4 is 17.5 Å². The first-order valence-corrected chi connectivity index (χ1v) is 7.51. The van der Waals surface area contributed by atoms with E-state index in [-0.39, 0.29) is 11.8 Å². The lowest BCUT2D eigenvalue weighted by atomic mass is 10.1. The SMILES string of the molecule is CC(C)c1cc(C(=O)NCCC2CCCO2)cc(Cl)n1. The van der Waals surface area contributed by atoms with Gasteiger partial charge in [0.25, 0.3) is 5.91 Å². The molecule has 1 aliphatic rings. The number of ether oxygens (including phenoxy) is 1. The zero-order valence-electron chi connectivity index (χ0n) is 12.0. The van der Waals surface area contributed by atoms with Crippen molar-refractivity contribution in [3.8, 4) is 0 Å². The Labute approximate surface area is 124 Å². The van der Waals surface area contributed by atoms with Gasteiger partial charge in [-0.3, -0.25) is 4.79 Å². The van der Waals surface area contributed by atoms with Crippen molar-refractivity contribution in [1.82, 2.24) is 10.3 Å². The molecule has 1 aromatic heterocycles. The van der Waals surface area contributed by atoms with E-state index >= 15 is 0 Å². The van der Waals surface area contributed by atoms with E-state index in [0.29, 0.717) is 23.4 Å². The van der Waals surface area contributed by atoms with Crippen LogP contribution in [-0.2, 0) is 4.74 Å². The molecule has 5 heteroatoms. The lowest BCUT2D eigenvalue weighted by molar-refractivity contribution is 0.0907. The number of carbonyl (C=O) groups is 1. The standard InChI is InChI=1S/C15H21ClN2O2/c1-10(2)13-8-11(9-14(16)18-13)15(19)17-6-5-12-4-3-7-20-12/h8-10,12H,3-7H2,1-2H3,(H,17,19). The maximum absolute atomic E-state index is 12.1. The predicted molar refractivity (Wildman–Crippen MR) is 79.3 cm³/mol. The second-order valence-corrected chi connectivity index (χ2v) is 5.82. The Morgan fingerprint density at radius 2 is 2.35 bits per heavy atom. The molecule has 0 aliphatic carbocycles. The fourth-order valence-corrected chi connectivity index (χ4v) is 2.48. The summed E-state index contributed by atoms with van der Waals surface area (Å²) in [6.07, 6.45) is 3.37. The third kappa shape index (κ3) is 4.18. The predicted octanol–water partition coefficient (Wildman–Crippen LogP) is 3.16. The first kappa shape index (κ1) is 15.3. The van der Waals surface area contributed by atoms with Crippen LogP contribution >= 0.6 is 11.6 Å². The molecule has 0 spiro atoms.